The van der Waals surface area contributed by atoms with Crippen molar-refractivity contribution >= 4 is 33.3 Å². The second kappa shape index (κ2) is 5.40. The number of rotatable bonds is 2. The van der Waals surface area contributed by atoms with E-state index in [1.807, 2.05) is 7.05 Å². The summed E-state index contributed by atoms with van der Waals surface area (Å²) in [5.41, 5.74) is 2.62. The van der Waals surface area contributed by atoms with Crippen LogP contribution in [0.1, 0.15) is 18.9 Å². The largest absolute Gasteiger partial charge is 0.372 e. The van der Waals surface area contributed by atoms with Crippen molar-refractivity contribution in [3.8, 4) is 0 Å². The third-order valence-corrected chi connectivity index (χ3v) is 4.49. The van der Waals surface area contributed by atoms with Gasteiger partial charge in [-0.3, -0.25) is 0 Å². The summed E-state index contributed by atoms with van der Waals surface area (Å²) < 4.78 is 0.908. The van der Waals surface area contributed by atoms with Gasteiger partial charge < -0.3 is 10.2 Å². The molecule has 2 heterocycles. The number of nitrogens with zero attached hydrogens (tertiary/aromatic N) is 3. The number of para-hydroxylation sites is 1. The molecule has 0 fully saturated rings. The van der Waals surface area contributed by atoms with E-state index in [9.17, 15) is 0 Å². The number of nitrogens with one attached hydrogen (secondary N) is 1. The molecular weight excluding hydrogens is 316 g/mol. The number of halogens is 1. The number of anilines is 3. The van der Waals surface area contributed by atoms with Crippen molar-refractivity contribution in [1.29, 1.82) is 0 Å². The van der Waals surface area contributed by atoms with E-state index in [0.29, 0.717) is 6.04 Å². The van der Waals surface area contributed by atoms with Crippen molar-refractivity contribution in [2.24, 2.45) is 0 Å². The molecule has 2 aromatic rings. The molecule has 0 radical (unpaired) electrons. The smallest absolute Gasteiger partial charge is 0.153 e. The lowest BCUT2D eigenvalue weighted by molar-refractivity contribution is 0.612. The summed E-state index contributed by atoms with van der Waals surface area (Å²) >= 11 is 3.63. The first-order valence-corrected chi connectivity index (χ1v) is 7.57. The Balaban J connectivity index is 2.14. The van der Waals surface area contributed by atoms with Gasteiger partial charge in [0, 0.05) is 18.8 Å². The summed E-state index contributed by atoms with van der Waals surface area (Å²) in [6, 6.07) is 8.96. The normalized spacial score (nSPS) is 17.8. The Bertz CT molecular complexity index is 629. The SMILES string of the molecule is CNc1ncnc(N2c3ccccc3CCC2C)c1Br. The summed E-state index contributed by atoms with van der Waals surface area (Å²) in [4.78, 5) is 11.0. The van der Waals surface area contributed by atoms with Crippen molar-refractivity contribution in [2.75, 3.05) is 17.3 Å². The van der Waals surface area contributed by atoms with Crippen LogP contribution in [0.25, 0.3) is 0 Å². The molecule has 1 aliphatic rings. The van der Waals surface area contributed by atoms with Gasteiger partial charge in [0.2, 0.25) is 0 Å². The molecule has 1 N–H and O–H groups in total. The predicted octanol–water partition coefficient (Wildman–Crippen LogP) is 3.75. The third-order valence-electron chi connectivity index (χ3n) is 3.76. The van der Waals surface area contributed by atoms with Crippen LogP contribution in [0, 0.1) is 0 Å². The lowest BCUT2D eigenvalue weighted by atomic mass is 9.96. The molecule has 5 heteroatoms. The molecule has 1 atom stereocenters. The van der Waals surface area contributed by atoms with Crippen molar-refractivity contribution in [3.05, 3.63) is 40.6 Å². The van der Waals surface area contributed by atoms with Crippen LogP contribution in [0.15, 0.2) is 35.1 Å². The molecule has 4 nitrogen and oxygen atoms in total. The van der Waals surface area contributed by atoms with Gasteiger partial charge in [0.05, 0.1) is 0 Å². The number of hydrogen-bond acceptors (Lipinski definition) is 4. The Hall–Kier alpha value is -1.62. The number of hydrogen-bond donors (Lipinski definition) is 1. The van der Waals surface area contributed by atoms with Gasteiger partial charge in [0.15, 0.2) is 5.82 Å². The Labute approximate surface area is 127 Å². The maximum absolute atomic E-state index is 4.49. The standard InChI is InChI=1S/C15H17BrN4/c1-10-7-8-11-5-3-4-6-12(11)20(10)15-13(16)14(17-2)18-9-19-15/h3-6,9-10H,7-8H2,1-2H3,(H,17,18,19). The zero-order valence-corrected chi connectivity index (χ0v) is 13.2. The molecule has 0 saturated heterocycles. The zero-order chi connectivity index (χ0) is 14.1. The Morgan fingerprint density at radius 1 is 1.30 bits per heavy atom. The number of aryl methyl sites for hydroxylation is 1. The maximum atomic E-state index is 4.49. The molecule has 1 aliphatic heterocycles. The first-order chi connectivity index (χ1) is 9.72. The molecule has 0 aliphatic carbocycles. The molecule has 0 bridgehead atoms. The Kier molecular flexibility index (Phi) is 3.61. The van der Waals surface area contributed by atoms with Gasteiger partial charge in [-0.2, -0.15) is 0 Å². The zero-order valence-electron chi connectivity index (χ0n) is 11.6. The number of benzene rings is 1. The first-order valence-electron chi connectivity index (χ1n) is 6.77. The molecule has 1 unspecified atom stereocenters. The molecule has 1 aromatic carbocycles. The van der Waals surface area contributed by atoms with Gasteiger partial charge >= 0.3 is 0 Å². The fourth-order valence-electron chi connectivity index (χ4n) is 2.71. The van der Waals surface area contributed by atoms with Crippen molar-refractivity contribution < 1.29 is 0 Å². The van der Waals surface area contributed by atoms with Crippen LogP contribution in [0.5, 0.6) is 0 Å². The summed E-state index contributed by atoms with van der Waals surface area (Å²) in [6.45, 7) is 2.24. The van der Waals surface area contributed by atoms with E-state index in [0.717, 1.165) is 29.0 Å². The van der Waals surface area contributed by atoms with Crippen LogP contribution < -0.4 is 10.2 Å². The minimum absolute atomic E-state index is 0.417. The average molecular weight is 333 g/mol. The Morgan fingerprint density at radius 3 is 2.90 bits per heavy atom. The first kappa shape index (κ1) is 13.4. The minimum atomic E-state index is 0.417. The van der Waals surface area contributed by atoms with E-state index in [1.54, 1.807) is 6.33 Å². The van der Waals surface area contributed by atoms with Crippen molar-refractivity contribution in [1.82, 2.24) is 9.97 Å². The van der Waals surface area contributed by atoms with Crippen LogP contribution in [-0.4, -0.2) is 23.1 Å². The molecule has 1 aromatic heterocycles. The van der Waals surface area contributed by atoms with E-state index in [-0.39, 0.29) is 0 Å². The summed E-state index contributed by atoms with van der Waals surface area (Å²) in [7, 11) is 1.87. The minimum Gasteiger partial charge on any atom is -0.372 e. The number of fused-ring (bicyclic) bond motifs is 1. The van der Waals surface area contributed by atoms with Gasteiger partial charge in [0.25, 0.3) is 0 Å². The van der Waals surface area contributed by atoms with Crippen molar-refractivity contribution in [2.45, 2.75) is 25.8 Å². The van der Waals surface area contributed by atoms with Gasteiger partial charge in [-0.1, -0.05) is 18.2 Å². The van der Waals surface area contributed by atoms with E-state index in [2.05, 4.69) is 67.3 Å². The highest BCUT2D eigenvalue weighted by Crippen LogP contribution is 2.40. The quantitative estimate of drug-likeness (QED) is 0.909. The molecular formula is C15H17BrN4. The lowest BCUT2D eigenvalue weighted by Gasteiger charge is -2.36. The van der Waals surface area contributed by atoms with Crippen LogP contribution in [0.2, 0.25) is 0 Å². The predicted molar refractivity (Wildman–Crippen MR) is 85.6 cm³/mol. The molecule has 20 heavy (non-hydrogen) atoms. The van der Waals surface area contributed by atoms with E-state index >= 15 is 0 Å². The van der Waals surface area contributed by atoms with E-state index in [1.165, 1.54) is 11.3 Å². The monoisotopic (exact) mass is 332 g/mol. The van der Waals surface area contributed by atoms with Gasteiger partial charge in [-0.25, -0.2) is 9.97 Å². The summed E-state index contributed by atoms with van der Waals surface area (Å²) in [5.74, 6) is 1.73. The van der Waals surface area contributed by atoms with Crippen LogP contribution >= 0.6 is 15.9 Å². The number of aromatic nitrogens is 2. The van der Waals surface area contributed by atoms with Crippen molar-refractivity contribution in [3.63, 3.8) is 0 Å². The maximum Gasteiger partial charge on any atom is 0.153 e. The average Bonchev–Trinajstić information content (AvgIpc) is 2.48. The van der Waals surface area contributed by atoms with Crippen LogP contribution in [0.4, 0.5) is 17.3 Å². The molecule has 0 spiro atoms. The fraction of sp³-hybridized carbons (Fsp3) is 0.333. The second-order valence-corrected chi connectivity index (χ2v) is 5.79. The third kappa shape index (κ3) is 2.16. The second-order valence-electron chi connectivity index (χ2n) is 5.00. The highest BCUT2D eigenvalue weighted by molar-refractivity contribution is 9.10. The molecule has 104 valence electrons. The van der Waals surface area contributed by atoms with Gasteiger partial charge in [-0.05, 0) is 47.3 Å². The summed E-state index contributed by atoms with van der Waals surface area (Å²) in [6.07, 6.45) is 3.85. The van der Waals surface area contributed by atoms with Crippen LogP contribution in [-0.2, 0) is 6.42 Å². The van der Waals surface area contributed by atoms with Crippen LogP contribution in [0.3, 0.4) is 0 Å². The highest BCUT2D eigenvalue weighted by Gasteiger charge is 2.27. The lowest BCUT2D eigenvalue weighted by Crippen LogP contribution is -2.34. The topological polar surface area (TPSA) is 41.1 Å². The fourth-order valence-corrected chi connectivity index (χ4v) is 3.31. The highest BCUT2D eigenvalue weighted by atomic mass is 79.9. The molecule has 0 saturated carbocycles. The van der Waals surface area contributed by atoms with E-state index in [4.69, 9.17) is 0 Å². The molecule has 3 rings (SSSR count). The van der Waals surface area contributed by atoms with Gasteiger partial charge in [-0.15, -0.1) is 0 Å². The Morgan fingerprint density at radius 2 is 2.10 bits per heavy atom. The van der Waals surface area contributed by atoms with E-state index < -0.39 is 0 Å². The summed E-state index contributed by atoms with van der Waals surface area (Å²) in [5, 5.41) is 3.09. The van der Waals surface area contributed by atoms with Gasteiger partial charge in [0.1, 0.15) is 16.6 Å². The molecule has 0 amide bonds.